The molecule has 0 fully saturated rings. The number of benzene rings is 2. The molecule has 0 amide bonds. The van der Waals surface area contributed by atoms with E-state index in [0.29, 0.717) is 0 Å². The van der Waals surface area contributed by atoms with E-state index in [4.69, 9.17) is 11.6 Å². The molecule has 1 unspecified atom stereocenters. The molecule has 3 aromatic rings. The molecule has 0 aliphatic rings. The molecule has 102 valence electrons. The summed E-state index contributed by atoms with van der Waals surface area (Å²) in [5.41, 5.74) is 2.18. The first-order valence-corrected chi connectivity index (χ1v) is 7.76. The monoisotopic (exact) mass is 302 g/mol. The van der Waals surface area contributed by atoms with Gasteiger partial charge in [-0.3, -0.25) is 0 Å². The van der Waals surface area contributed by atoms with Gasteiger partial charge in [0.15, 0.2) is 0 Å². The molecule has 4 heteroatoms. The van der Waals surface area contributed by atoms with E-state index in [2.05, 4.69) is 29.4 Å². The Morgan fingerprint density at radius 1 is 1.15 bits per heavy atom. The number of fused-ring (bicyclic) bond motifs is 1. The minimum atomic E-state index is 0.212. The second-order valence-corrected chi connectivity index (χ2v) is 6.18. The summed E-state index contributed by atoms with van der Waals surface area (Å²) >= 11 is 7.90. The van der Waals surface area contributed by atoms with E-state index in [1.54, 1.807) is 11.3 Å². The Kier molecular flexibility index (Phi) is 4.01. The van der Waals surface area contributed by atoms with Crippen molar-refractivity contribution >= 4 is 33.2 Å². The number of thiazole rings is 1. The number of aromatic nitrogens is 1. The number of rotatable bonds is 4. The van der Waals surface area contributed by atoms with Crippen LogP contribution in [0.1, 0.15) is 23.5 Å². The summed E-state index contributed by atoms with van der Waals surface area (Å²) in [6.45, 7) is 2.88. The Morgan fingerprint density at radius 3 is 2.70 bits per heavy atom. The van der Waals surface area contributed by atoms with Crippen molar-refractivity contribution in [2.45, 2.75) is 19.5 Å². The maximum atomic E-state index is 6.16. The van der Waals surface area contributed by atoms with Crippen LogP contribution in [0.5, 0.6) is 0 Å². The van der Waals surface area contributed by atoms with Crippen LogP contribution in [0.4, 0.5) is 0 Å². The van der Waals surface area contributed by atoms with Crippen molar-refractivity contribution in [3.63, 3.8) is 0 Å². The predicted molar refractivity (Wildman–Crippen MR) is 86.3 cm³/mol. The average molecular weight is 303 g/mol. The maximum absolute atomic E-state index is 6.16. The highest BCUT2D eigenvalue weighted by Gasteiger charge is 2.11. The lowest BCUT2D eigenvalue weighted by Gasteiger charge is -2.11. The summed E-state index contributed by atoms with van der Waals surface area (Å²) in [4.78, 5) is 4.67. The van der Waals surface area contributed by atoms with Gasteiger partial charge in [0.1, 0.15) is 5.01 Å². The van der Waals surface area contributed by atoms with Crippen LogP contribution in [-0.2, 0) is 6.54 Å². The average Bonchev–Trinajstić information content (AvgIpc) is 2.90. The molecular formula is C16H15ClN2S. The van der Waals surface area contributed by atoms with Crippen LogP contribution < -0.4 is 5.32 Å². The Labute approximate surface area is 127 Å². The topological polar surface area (TPSA) is 24.9 Å². The van der Waals surface area contributed by atoms with Crippen molar-refractivity contribution in [3.8, 4) is 0 Å². The third-order valence-electron chi connectivity index (χ3n) is 3.24. The van der Waals surface area contributed by atoms with Crippen LogP contribution in [0.15, 0.2) is 48.5 Å². The van der Waals surface area contributed by atoms with Crippen molar-refractivity contribution in [2.24, 2.45) is 0 Å². The normalized spacial score (nSPS) is 12.7. The van der Waals surface area contributed by atoms with Crippen molar-refractivity contribution < 1.29 is 0 Å². The van der Waals surface area contributed by atoms with Crippen LogP contribution >= 0.6 is 22.9 Å². The standard InChI is InChI=1S/C16H15ClN2S/c1-11(18-10-12-6-2-3-7-13(12)17)16-19-14-8-4-5-9-15(14)20-16/h2-9,11,18H,10H2,1H3. The zero-order valence-corrected chi connectivity index (χ0v) is 12.7. The second-order valence-electron chi connectivity index (χ2n) is 4.71. The molecule has 2 nitrogen and oxygen atoms in total. The molecule has 0 aliphatic carbocycles. The number of para-hydroxylation sites is 1. The summed E-state index contributed by atoms with van der Waals surface area (Å²) in [5.74, 6) is 0. The van der Waals surface area contributed by atoms with Gasteiger partial charge in [0, 0.05) is 11.6 Å². The van der Waals surface area contributed by atoms with Gasteiger partial charge in [-0.25, -0.2) is 4.98 Å². The van der Waals surface area contributed by atoms with Crippen LogP contribution in [0.25, 0.3) is 10.2 Å². The predicted octanol–water partition coefficient (Wildman–Crippen LogP) is 4.80. The highest BCUT2D eigenvalue weighted by Crippen LogP contribution is 2.26. The Hall–Kier alpha value is -1.42. The van der Waals surface area contributed by atoms with E-state index in [9.17, 15) is 0 Å². The first kappa shape index (κ1) is 13.6. The van der Waals surface area contributed by atoms with Crippen molar-refractivity contribution in [1.82, 2.24) is 10.3 Å². The summed E-state index contributed by atoms with van der Waals surface area (Å²) in [6.07, 6.45) is 0. The minimum absolute atomic E-state index is 0.212. The highest BCUT2D eigenvalue weighted by atomic mass is 35.5. The number of nitrogens with one attached hydrogen (secondary N) is 1. The molecule has 1 aromatic heterocycles. The lowest BCUT2D eigenvalue weighted by Crippen LogP contribution is -2.18. The van der Waals surface area contributed by atoms with E-state index in [1.165, 1.54) is 4.70 Å². The van der Waals surface area contributed by atoms with Gasteiger partial charge in [-0.15, -0.1) is 11.3 Å². The van der Waals surface area contributed by atoms with Gasteiger partial charge in [0.05, 0.1) is 16.3 Å². The van der Waals surface area contributed by atoms with Gasteiger partial charge < -0.3 is 5.32 Å². The molecule has 0 saturated carbocycles. The number of halogens is 1. The van der Waals surface area contributed by atoms with E-state index in [-0.39, 0.29) is 6.04 Å². The van der Waals surface area contributed by atoms with Gasteiger partial charge in [-0.2, -0.15) is 0 Å². The number of hydrogen-bond acceptors (Lipinski definition) is 3. The van der Waals surface area contributed by atoms with Gasteiger partial charge in [0.25, 0.3) is 0 Å². The molecule has 0 saturated heterocycles. The molecule has 0 spiro atoms. The van der Waals surface area contributed by atoms with Gasteiger partial charge in [-0.1, -0.05) is 41.9 Å². The van der Waals surface area contributed by atoms with Crippen molar-refractivity contribution in [1.29, 1.82) is 0 Å². The lowest BCUT2D eigenvalue weighted by molar-refractivity contribution is 0.573. The second kappa shape index (κ2) is 5.92. The Bertz CT molecular complexity index is 690. The number of nitrogens with zero attached hydrogens (tertiary/aromatic N) is 1. The molecule has 0 bridgehead atoms. The van der Waals surface area contributed by atoms with Crippen molar-refractivity contribution in [3.05, 3.63) is 64.1 Å². The minimum Gasteiger partial charge on any atom is -0.304 e. The third-order valence-corrected chi connectivity index (χ3v) is 4.83. The van der Waals surface area contributed by atoms with E-state index in [1.807, 2.05) is 36.4 Å². The van der Waals surface area contributed by atoms with Crippen molar-refractivity contribution in [2.75, 3.05) is 0 Å². The largest absolute Gasteiger partial charge is 0.304 e. The summed E-state index contributed by atoms with van der Waals surface area (Å²) in [5, 5.41) is 5.39. The van der Waals surface area contributed by atoms with Gasteiger partial charge in [-0.05, 0) is 30.7 Å². The maximum Gasteiger partial charge on any atom is 0.111 e. The molecule has 0 radical (unpaired) electrons. The van der Waals surface area contributed by atoms with Gasteiger partial charge >= 0.3 is 0 Å². The third kappa shape index (κ3) is 2.85. The summed E-state index contributed by atoms with van der Waals surface area (Å²) in [7, 11) is 0. The fraction of sp³-hybridized carbons (Fsp3) is 0.188. The first-order valence-electron chi connectivity index (χ1n) is 6.56. The van der Waals surface area contributed by atoms with Gasteiger partial charge in [0.2, 0.25) is 0 Å². The Morgan fingerprint density at radius 2 is 1.90 bits per heavy atom. The smallest absolute Gasteiger partial charge is 0.111 e. The van der Waals surface area contributed by atoms with Crippen LogP contribution in [-0.4, -0.2) is 4.98 Å². The van der Waals surface area contributed by atoms with Crippen LogP contribution in [0, 0.1) is 0 Å². The quantitative estimate of drug-likeness (QED) is 0.749. The van der Waals surface area contributed by atoms with E-state index in [0.717, 1.165) is 27.7 Å². The van der Waals surface area contributed by atoms with E-state index < -0.39 is 0 Å². The fourth-order valence-electron chi connectivity index (χ4n) is 2.07. The SMILES string of the molecule is CC(NCc1ccccc1Cl)c1nc2ccccc2s1. The van der Waals surface area contributed by atoms with Crippen LogP contribution in [0.3, 0.4) is 0 Å². The van der Waals surface area contributed by atoms with Crippen LogP contribution in [0.2, 0.25) is 5.02 Å². The fourth-order valence-corrected chi connectivity index (χ4v) is 3.26. The van der Waals surface area contributed by atoms with E-state index >= 15 is 0 Å². The summed E-state index contributed by atoms with van der Waals surface area (Å²) < 4.78 is 1.23. The Balaban J connectivity index is 1.73. The molecule has 1 N–H and O–H groups in total. The first-order chi connectivity index (χ1) is 9.74. The zero-order valence-electron chi connectivity index (χ0n) is 11.1. The molecule has 1 heterocycles. The molecular weight excluding hydrogens is 288 g/mol. The lowest BCUT2D eigenvalue weighted by atomic mass is 10.2. The molecule has 1 atom stereocenters. The zero-order chi connectivity index (χ0) is 13.9. The highest BCUT2D eigenvalue weighted by molar-refractivity contribution is 7.18. The number of hydrogen-bond donors (Lipinski definition) is 1. The molecule has 20 heavy (non-hydrogen) atoms. The molecule has 0 aliphatic heterocycles. The summed E-state index contributed by atoms with van der Waals surface area (Å²) in [6, 6.07) is 16.4. The molecule has 3 rings (SSSR count). The molecule has 2 aromatic carbocycles.